The minimum atomic E-state index is -0.817. The summed E-state index contributed by atoms with van der Waals surface area (Å²) in [5.74, 6) is -0.980. The van der Waals surface area contributed by atoms with Crippen molar-refractivity contribution in [2.75, 3.05) is 4.90 Å². The Kier molecular flexibility index (Phi) is 6.60. The van der Waals surface area contributed by atoms with E-state index in [0.29, 0.717) is 29.2 Å². The Morgan fingerprint density at radius 2 is 1.54 bits per heavy atom. The van der Waals surface area contributed by atoms with Crippen molar-refractivity contribution in [3.8, 4) is 5.75 Å². The third-order valence-corrected chi connectivity index (χ3v) is 6.55. The maximum Gasteiger partial charge on any atom is 0.300 e. The van der Waals surface area contributed by atoms with E-state index in [0.717, 1.165) is 16.7 Å². The molecule has 0 aliphatic carbocycles. The van der Waals surface area contributed by atoms with E-state index < -0.39 is 17.7 Å². The first-order valence-corrected chi connectivity index (χ1v) is 12.1. The van der Waals surface area contributed by atoms with Gasteiger partial charge < -0.3 is 9.84 Å². The molecule has 0 bridgehead atoms. The predicted octanol–water partition coefficient (Wildman–Crippen LogP) is 6.51. The van der Waals surface area contributed by atoms with Crippen molar-refractivity contribution in [2.24, 2.45) is 0 Å². The molecule has 0 spiro atoms. The minimum Gasteiger partial charge on any atom is -0.507 e. The van der Waals surface area contributed by atoms with Crippen LogP contribution in [0.4, 0.5) is 5.69 Å². The number of Topliss-reactive ketones (excluding diaryl/α,β-unsaturated/α-hetero) is 1. The third-order valence-electron chi connectivity index (χ3n) is 6.55. The number of hydrogen-bond donors (Lipinski definition) is 1. The zero-order valence-electron chi connectivity index (χ0n) is 20.7. The van der Waals surface area contributed by atoms with E-state index in [9.17, 15) is 14.7 Å². The quantitative estimate of drug-likeness (QED) is 0.191. The molecule has 1 N–H and O–H groups in total. The van der Waals surface area contributed by atoms with Gasteiger partial charge in [-0.25, -0.2) is 0 Å². The van der Waals surface area contributed by atoms with Gasteiger partial charge in [0, 0.05) is 11.3 Å². The molecule has 1 fully saturated rings. The van der Waals surface area contributed by atoms with Crippen LogP contribution >= 0.6 is 0 Å². The highest BCUT2D eigenvalue weighted by Crippen LogP contribution is 2.43. The normalized spacial score (nSPS) is 16.7. The van der Waals surface area contributed by atoms with Gasteiger partial charge in [0.15, 0.2) is 0 Å². The van der Waals surface area contributed by atoms with E-state index in [2.05, 4.69) is 0 Å². The summed E-state index contributed by atoms with van der Waals surface area (Å²) < 4.78 is 6.04. The molecule has 1 aliphatic rings. The fourth-order valence-electron chi connectivity index (χ4n) is 4.65. The average Bonchev–Trinajstić information content (AvgIpc) is 3.20. The lowest BCUT2D eigenvalue weighted by atomic mass is 9.93. The van der Waals surface area contributed by atoms with Crippen LogP contribution in [0.3, 0.4) is 0 Å². The highest BCUT2D eigenvalue weighted by Gasteiger charge is 2.47. The number of carbonyl (C=O) groups excluding carboxylic acids is 2. The molecule has 5 rings (SSSR count). The molecule has 1 atom stereocenters. The number of hydrogen-bond acceptors (Lipinski definition) is 4. The SMILES string of the molecule is Cc1ccc(C)c(/C(O)=C2\C(=O)C(=O)N(c3ccccc3)C2c2cccc(OCc3ccccc3)c2)c1. The summed E-state index contributed by atoms with van der Waals surface area (Å²) in [5.41, 5.74) is 4.61. The van der Waals surface area contributed by atoms with Gasteiger partial charge in [-0.2, -0.15) is 0 Å². The zero-order chi connectivity index (χ0) is 25.9. The molecule has 0 saturated carbocycles. The number of benzene rings is 4. The zero-order valence-corrected chi connectivity index (χ0v) is 20.7. The second-order valence-electron chi connectivity index (χ2n) is 9.17. The monoisotopic (exact) mass is 489 g/mol. The molecular weight excluding hydrogens is 462 g/mol. The molecule has 1 amide bonds. The molecule has 1 unspecified atom stereocenters. The lowest BCUT2D eigenvalue weighted by molar-refractivity contribution is -0.132. The second kappa shape index (κ2) is 10.2. The Bertz CT molecular complexity index is 1490. The van der Waals surface area contributed by atoms with Crippen molar-refractivity contribution in [1.82, 2.24) is 0 Å². The molecule has 1 saturated heterocycles. The number of aliphatic hydroxyl groups excluding tert-OH is 1. The Morgan fingerprint density at radius 3 is 2.27 bits per heavy atom. The summed E-state index contributed by atoms with van der Waals surface area (Å²) in [5, 5.41) is 11.5. The van der Waals surface area contributed by atoms with E-state index in [1.807, 2.05) is 105 Å². The Balaban J connectivity index is 1.63. The van der Waals surface area contributed by atoms with Gasteiger partial charge in [0.1, 0.15) is 18.1 Å². The third kappa shape index (κ3) is 4.76. The Morgan fingerprint density at radius 1 is 0.838 bits per heavy atom. The summed E-state index contributed by atoms with van der Waals surface area (Å²) in [6.07, 6.45) is 0. The molecule has 5 nitrogen and oxygen atoms in total. The first-order valence-electron chi connectivity index (χ1n) is 12.1. The van der Waals surface area contributed by atoms with Gasteiger partial charge in [0.05, 0.1) is 11.6 Å². The summed E-state index contributed by atoms with van der Waals surface area (Å²) in [6, 6.07) is 31.1. The van der Waals surface area contributed by atoms with Crippen molar-refractivity contribution >= 4 is 23.1 Å². The topological polar surface area (TPSA) is 66.8 Å². The summed E-state index contributed by atoms with van der Waals surface area (Å²) in [4.78, 5) is 28.3. The van der Waals surface area contributed by atoms with Crippen molar-refractivity contribution < 1.29 is 19.4 Å². The highest BCUT2D eigenvalue weighted by atomic mass is 16.5. The molecule has 1 aliphatic heterocycles. The Labute approximate surface area is 216 Å². The summed E-state index contributed by atoms with van der Waals surface area (Å²) in [7, 11) is 0. The number of para-hydroxylation sites is 1. The Hall–Kier alpha value is -4.64. The van der Waals surface area contributed by atoms with E-state index in [-0.39, 0.29) is 11.3 Å². The van der Waals surface area contributed by atoms with Gasteiger partial charge in [-0.15, -0.1) is 0 Å². The number of rotatable bonds is 6. The highest BCUT2D eigenvalue weighted by molar-refractivity contribution is 6.51. The van der Waals surface area contributed by atoms with E-state index >= 15 is 0 Å². The largest absolute Gasteiger partial charge is 0.507 e. The molecule has 0 aromatic heterocycles. The number of ether oxygens (including phenoxy) is 1. The van der Waals surface area contributed by atoms with E-state index in [1.165, 1.54) is 4.90 Å². The molecule has 37 heavy (non-hydrogen) atoms. The molecule has 4 aromatic rings. The van der Waals surface area contributed by atoms with Crippen molar-refractivity contribution in [3.63, 3.8) is 0 Å². The van der Waals surface area contributed by atoms with Crippen molar-refractivity contribution in [1.29, 1.82) is 0 Å². The molecule has 1 heterocycles. The first kappa shape index (κ1) is 24.1. The maximum absolute atomic E-state index is 13.4. The van der Waals surface area contributed by atoms with Crippen LogP contribution in [0, 0.1) is 13.8 Å². The van der Waals surface area contributed by atoms with Crippen LogP contribution in [-0.2, 0) is 16.2 Å². The first-order chi connectivity index (χ1) is 17.9. The lowest BCUT2D eigenvalue weighted by Crippen LogP contribution is -2.29. The lowest BCUT2D eigenvalue weighted by Gasteiger charge is -2.26. The van der Waals surface area contributed by atoms with Crippen LogP contribution in [0.1, 0.15) is 33.9 Å². The van der Waals surface area contributed by atoms with Gasteiger partial charge in [0.25, 0.3) is 11.7 Å². The number of aryl methyl sites for hydroxylation is 2. The standard InChI is InChI=1S/C32H27NO4/c1-21-16-17-22(2)27(18-21)30(34)28-29(33(32(36)31(28)35)25-13-7-4-8-14-25)24-12-9-15-26(19-24)37-20-23-10-5-3-6-11-23/h3-19,29,34H,20H2,1-2H3/b30-28+. The minimum absolute atomic E-state index is 0.0581. The van der Waals surface area contributed by atoms with Crippen LogP contribution in [-0.4, -0.2) is 16.8 Å². The molecule has 184 valence electrons. The molecule has 4 aromatic carbocycles. The number of carbonyl (C=O) groups is 2. The number of aliphatic hydroxyl groups is 1. The average molecular weight is 490 g/mol. The maximum atomic E-state index is 13.4. The van der Waals surface area contributed by atoms with Crippen molar-refractivity contribution in [2.45, 2.75) is 26.5 Å². The van der Waals surface area contributed by atoms with Crippen LogP contribution in [0.15, 0.2) is 109 Å². The smallest absolute Gasteiger partial charge is 0.300 e. The summed E-state index contributed by atoms with van der Waals surface area (Å²) >= 11 is 0. The van der Waals surface area contributed by atoms with Crippen LogP contribution < -0.4 is 9.64 Å². The van der Waals surface area contributed by atoms with Gasteiger partial charge in [-0.1, -0.05) is 78.4 Å². The fourth-order valence-corrected chi connectivity index (χ4v) is 4.65. The fraction of sp³-hybridized carbons (Fsp3) is 0.125. The van der Waals surface area contributed by atoms with Crippen LogP contribution in [0.5, 0.6) is 5.75 Å². The molecule has 5 heteroatoms. The number of nitrogens with zero attached hydrogens (tertiary/aromatic N) is 1. The summed E-state index contributed by atoms with van der Waals surface area (Å²) in [6.45, 7) is 4.17. The number of ketones is 1. The molecule has 0 radical (unpaired) electrons. The number of anilines is 1. The van der Waals surface area contributed by atoms with E-state index in [4.69, 9.17) is 4.74 Å². The van der Waals surface area contributed by atoms with Crippen LogP contribution in [0.2, 0.25) is 0 Å². The van der Waals surface area contributed by atoms with Gasteiger partial charge in [-0.05, 0) is 60.9 Å². The number of amides is 1. The predicted molar refractivity (Wildman–Crippen MR) is 144 cm³/mol. The van der Waals surface area contributed by atoms with Crippen molar-refractivity contribution in [3.05, 3.63) is 137 Å². The second-order valence-corrected chi connectivity index (χ2v) is 9.17. The van der Waals surface area contributed by atoms with Crippen LogP contribution in [0.25, 0.3) is 5.76 Å². The van der Waals surface area contributed by atoms with Gasteiger partial charge in [0.2, 0.25) is 0 Å². The van der Waals surface area contributed by atoms with Gasteiger partial charge in [-0.3, -0.25) is 14.5 Å². The molecular formula is C32H27NO4. The van der Waals surface area contributed by atoms with E-state index in [1.54, 1.807) is 12.1 Å². The van der Waals surface area contributed by atoms with Gasteiger partial charge >= 0.3 is 0 Å².